The molecule has 0 fully saturated rings. The molecule has 0 amide bonds. The van der Waals surface area contributed by atoms with E-state index in [2.05, 4.69) is 48.7 Å². The molecule has 1 unspecified atom stereocenters. The Balaban J connectivity index is 2.58. The molecule has 0 saturated heterocycles. The van der Waals surface area contributed by atoms with E-state index < -0.39 is 0 Å². The zero-order chi connectivity index (χ0) is 13.4. The van der Waals surface area contributed by atoms with Crippen molar-refractivity contribution in [2.24, 2.45) is 5.92 Å². The van der Waals surface area contributed by atoms with Crippen LogP contribution in [0.1, 0.15) is 24.5 Å². The normalized spacial score (nSPS) is 12.9. The van der Waals surface area contributed by atoms with E-state index in [1.165, 1.54) is 22.3 Å². The quantitative estimate of drug-likeness (QED) is 0.738. The Morgan fingerprint density at radius 2 is 2.11 bits per heavy atom. The number of hydrogen-bond acceptors (Lipinski definition) is 2. The zero-order valence-electron chi connectivity index (χ0n) is 11.4. The molecule has 1 rings (SSSR count). The van der Waals surface area contributed by atoms with Gasteiger partial charge in [0.25, 0.3) is 0 Å². The molecule has 0 heterocycles. The predicted octanol–water partition coefficient (Wildman–Crippen LogP) is 3.17. The Morgan fingerprint density at radius 1 is 1.39 bits per heavy atom. The fraction of sp³-hybridized carbons (Fsp3) is 0.400. The van der Waals surface area contributed by atoms with Gasteiger partial charge in [0.1, 0.15) is 0 Å². The monoisotopic (exact) mass is 262 g/mol. The highest BCUT2D eigenvalue weighted by molar-refractivity contribution is 7.78. The van der Waals surface area contributed by atoms with E-state index in [9.17, 15) is 0 Å². The molecule has 1 atom stereocenters. The van der Waals surface area contributed by atoms with Crippen LogP contribution in [0.15, 0.2) is 36.2 Å². The fourth-order valence-electron chi connectivity index (χ4n) is 2.03. The van der Waals surface area contributed by atoms with Crippen molar-refractivity contribution in [1.29, 1.82) is 0 Å². The molecule has 0 spiro atoms. The SMILES string of the molecule is CN/C(=C\NC=S)CC(C)Cc1ccccc1C. The molecule has 1 aromatic carbocycles. The zero-order valence-corrected chi connectivity index (χ0v) is 12.2. The van der Waals surface area contributed by atoms with Crippen LogP contribution in [0.3, 0.4) is 0 Å². The fourth-order valence-corrected chi connectivity index (χ4v) is 2.10. The van der Waals surface area contributed by atoms with Crippen molar-refractivity contribution in [2.45, 2.75) is 26.7 Å². The third-order valence-corrected chi connectivity index (χ3v) is 3.18. The van der Waals surface area contributed by atoms with E-state index in [0.717, 1.165) is 12.8 Å². The summed E-state index contributed by atoms with van der Waals surface area (Å²) in [5.74, 6) is 0.594. The minimum Gasteiger partial charge on any atom is -0.390 e. The van der Waals surface area contributed by atoms with Crippen LogP contribution in [0.25, 0.3) is 0 Å². The second-order valence-corrected chi connectivity index (χ2v) is 4.88. The van der Waals surface area contributed by atoms with Gasteiger partial charge in [-0.2, -0.15) is 0 Å². The van der Waals surface area contributed by atoms with Gasteiger partial charge in [-0.15, -0.1) is 0 Å². The summed E-state index contributed by atoms with van der Waals surface area (Å²) in [6.07, 6.45) is 4.05. The van der Waals surface area contributed by atoms with E-state index in [0.29, 0.717) is 5.92 Å². The number of nitrogens with one attached hydrogen (secondary N) is 2. The molecular formula is C15H22N2S. The third-order valence-electron chi connectivity index (χ3n) is 3.04. The second kappa shape index (κ2) is 7.88. The van der Waals surface area contributed by atoms with Crippen LogP contribution < -0.4 is 10.6 Å². The summed E-state index contributed by atoms with van der Waals surface area (Å²) in [7, 11) is 1.94. The lowest BCUT2D eigenvalue weighted by atomic mass is 9.94. The lowest BCUT2D eigenvalue weighted by Gasteiger charge is -2.15. The number of aryl methyl sites for hydroxylation is 1. The maximum atomic E-state index is 4.75. The topological polar surface area (TPSA) is 24.1 Å². The first-order valence-electron chi connectivity index (χ1n) is 6.28. The smallest absolute Gasteiger partial charge is 0.0654 e. The molecule has 0 aliphatic carbocycles. The molecule has 18 heavy (non-hydrogen) atoms. The Morgan fingerprint density at radius 3 is 2.72 bits per heavy atom. The van der Waals surface area contributed by atoms with Gasteiger partial charge in [-0.25, -0.2) is 0 Å². The number of hydrogen-bond donors (Lipinski definition) is 2. The summed E-state index contributed by atoms with van der Waals surface area (Å²) in [5, 5.41) is 6.15. The summed E-state index contributed by atoms with van der Waals surface area (Å²) in [5.41, 5.74) is 5.50. The minimum atomic E-state index is 0.594. The Kier molecular flexibility index (Phi) is 6.44. The molecular weight excluding hydrogens is 240 g/mol. The lowest BCUT2D eigenvalue weighted by molar-refractivity contribution is 0.555. The van der Waals surface area contributed by atoms with E-state index in [1.807, 2.05) is 13.2 Å². The third kappa shape index (κ3) is 4.88. The van der Waals surface area contributed by atoms with Crippen molar-refractivity contribution in [3.8, 4) is 0 Å². The molecule has 3 heteroatoms. The van der Waals surface area contributed by atoms with Gasteiger partial charge in [-0.1, -0.05) is 43.4 Å². The molecule has 0 aliphatic heterocycles. The van der Waals surface area contributed by atoms with Crippen LogP contribution in [-0.4, -0.2) is 12.5 Å². The molecule has 1 aromatic rings. The molecule has 0 radical (unpaired) electrons. The van der Waals surface area contributed by atoms with Crippen molar-refractivity contribution in [3.63, 3.8) is 0 Å². The van der Waals surface area contributed by atoms with Crippen LogP contribution in [0.5, 0.6) is 0 Å². The standard InChI is InChI=1S/C15H22N2S/c1-12(9-15(16-3)10-17-11-18)8-14-7-5-4-6-13(14)2/h4-7,10-12,16H,8-9H2,1-3H3,(H,17,18)/b15-10-. The first-order valence-corrected chi connectivity index (χ1v) is 6.75. The Bertz CT molecular complexity index is 413. The minimum absolute atomic E-state index is 0.594. The number of rotatable bonds is 7. The average Bonchev–Trinajstić information content (AvgIpc) is 2.37. The van der Waals surface area contributed by atoms with Crippen molar-refractivity contribution >= 4 is 17.7 Å². The van der Waals surface area contributed by atoms with Gasteiger partial charge >= 0.3 is 0 Å². The predicted molar refractivity (Wildman–Crippen MR) is 82.6 cm³/mol. The van der Waals surface area contributed by atoms with E-state index in [-0.39, 0.29) is 0 Å². The molecule has 98 valence electrons. The molecule has 2 N–H and O–H groups in total. The number of benzene rings is 1. The lowest BCUT2D eigenvalue weighted by Crippen LogP contribution is -2.15. The van der Waals surface area contributed by atoms with Gasteiger partial charge in [0.2, 0.25) is 0 Å². The number of thiocarbonyl (C=S) groups is 1. The van der Waals surface area contributed by atoms with Crippen LogP contribution >= 0.6 is 12.2 Å². The summed E-state index contributed by atoms with van der Waals surface area (Å²) < 4.78 is 0. The van der Waals surface area contributed by atoms with Crippen LogP contribution in [0.4, 0.5) is 0 Å². The van der Waals surface area contributed by atoms with Crippen molar-refractivity contribution < 1.29 is 0 Å². The van der Waals surface area contributed by atoms with Crippen molar-refractivity contribution in [2.75, 3.05) is 7.05 Å². The summed E-state index contributed by atoms with van der Waals surface area (Å²) in [6, 6.07) is 8.58. The van der Waals surface area contributed by atoms with Crippen molar-refractivity contribution in [1.82, 2.24) is 10.6 Å². The molecule has 0 saturated carbocycles. The number of allylic oxidation sites excluding steroid dienone is 1. The maximum Gasteiger partial charge on any atom is 0.0654 e. The van der Waals surface area contributed by atoms with E-state index in [1.54, 1.807) is 0 Å². The van der Waals surface area contributed by atoms with Gasteiger partial charge in [-0.05, 0) is 36.8 Å². The maximum absolute atomic E-state index is 4.75. The highest BCUT2D eigenvalue weighted by Crippen LogP contribution is 2.17. The molecule has 2 nitrogen and oxygen atoms in total. The van der Waals surface area contributed by atoms with E-state index >= 15 is 0 Å². The molecule has 0 aliphatic rings. The second-order valence-electron chi connectivity index (χ2n) is 4.64. The molecule has 0 aromatic heterocycles. The van der Waals surface area contributed by atoms with Crippen molar-refractivity contribution in [3.05, 3.63) is 47.3 Å². The highest BCUT2D eigenvalue weighted by atomic mass is 32.1. The average molecular weight is 262 g/mol. The first kappa shape index (κ1) is 14.7. The van der Waals surface area contributed by atoms with Gasteiger partial charge in [0, 0.05) is 18.9 Å². The van der Waals surface area contributed by atoms with Crippen LogP contribution in [0, 0.1) is 12.8 Å². The first-order chi connectivity index (χ1) is 8.67. The van der Waals surface area contributed by atoms with Gasteiger partial charge in [-0.3, -0.25) is 0 Å². The van der Waals surface area contributed by atoms with Gasteiger partial charge < -0.3 is 10.6 Å². The Labute approximate surface area is 115 Å². The molecule has 0 bridgehead atoms. The Hall–Kier alpha value is -1.35. The summed E-state index contributed by atoms with van der Waals surface area (Å²) >= 11 is 4.75. The summed E-state index contributed by atoms with van der Waals surface area (Å²) in [4.78, 5) is 0. The largest absolute Gasteiger partial charge is 0.390 e. The summed E-state index contributed by atoms with van der Waals surface area (Å²) in [6.45, 7) is 4.44. The van der Waals surface area contributed by atoms with E-state index in [4.69, 9.17) is 12.2 Å². The van der Waals surface area contributed by atoms with Crippen LogP contribution in [-0.2, 0) is 6.42 Å². The van der Waals surface area contributed by atoms with Crippen LogP contribution in [0.2, 0.25) is 0 Å². The van der Waals surface area contributed by atoms with Gasteiger partial charge in [0.05, 0.1) is 5.49 Å². The van der Waals surface area contributed by atoms with Gasteiger partial charge in [0.15, 0.2) is 0 Å². The highest BCUT2D eigenvalue weighted by Gasteiger charge is 2.07.